The summed E-state index contributed by atoms with van der Waals surface area (Å²) in [6.45, 7) is 4.67. The van der Waals surface area contributed by atoms with Gasteiger partial charge in [-0.15, -0.1) is 0 Å². The van der Waals surface area contributed by atoms with Gasteiger partial charge in [0, 0.05) is 12.3 Å². The van der Waals surface area contributed by atoms with E-state index in [1.807, 2.05) is 13.8 Å². The standard InChI is InChI=1S/C10H12FN/c1-3-12-8(2)9-4-6-10(11)7-5-9/h4-7H,3H2,1-2H3. The molecule has 0 aliphatic heterocycles. The molecule has 0 saturated carbocycles. The van der Waals surface area contributed by atoms with Gasteiger partial charge in [0.1, 0.15) is 5.82 Å². The molecule has 64 valence electrons. The number of rotatable bonds is 2. The van der Waals surface area contributed by atoms with Crippen LogP contribution in [0, 0.1) is 5.82 Å². The number of hydrogen-bond acceptors (Lipinski definition) is 1. The van der Waals surface area contributed by atoms with Crippen LogP contribution < -0.4 is 0 Å². The average molecular weight is 165 g/mol. The first-order valence-electron chi connectivity index (χ1n) is 4.01. The molecule has 0 aliphatic carbocycles. The molecular weight excluding hydrogens is 153 g/mol. The summed E-state index contributed by atoms with van der Waals surface area (Å²) in [4.78, 5) is 4.22. The fourth-order valence-electron chi connectivity index (χ4n) is 1.02. The van der Waals surface area contributed by atoms with Gasteiger partial charge < -0.3 is 0 Å². The van der Waals surface area contributed by atoms with E-state index in [0.29, 0.717) is 0 Å². The van der Waals surface area contributed by atoms with E-state index in [2.05, 4.69) is 4.99 Å². The Labute approximate surface area is 72.0 Å². The van der Waals surface area contributed by atoms with E-state index >= 15 is 0 Å². The van der Waals surface area contributed by atoms with E-state index in [4.69, 9.17) is 0 Å². The van der Waals surface area contributed by atoms with Crippen LogP contribution in [-0.4, -0.2) is 12.3 Å². The highest BCUT2D eigenvalue weighted by Gasteiger charge is 1.95. The third-order valence-corrected chi connectivity index (χ3v) is 1.66. The fraction of sp³-hybridized carbons (Fsp3) is 0.300. The van der Waals surface area contributed by atoms with Crippen LogP contribution in [0.1, 0.15) is 19.4 Å². The molecule has 2 heteroatoms. The van der Waals surface area contributed by atoms with Crippen molar-refractivity contribution in [2.75, 3.05) is 6.54 Å². The predicted molar refractivity (Wildman–Crippen MR) is 49.2 cm³/mol. The van der Waals surface area contributed by atoms with Crippen LogP contribution in [0.3, 0.4) is 0 Å². The van der Waals surface area contributed by atoms with Crippen LogP contribution in [0.25, 0.3) is 0 Å². The second-order valence-electron chi connectivity index (χ2n) is 2.57. The van der Waals surface area contributed by atoms with Gasteiger partial charge in [-0.2, -0.15) is 0 Å². The molecule has 12 heavy (non-hydrogen) atoms. The summed E-state index contributed by atoms with van der Waals surface area (Å²) in [5, 5.41) is 0. The zero-order valence-electron chi connectivity index (χ0n) is 7.34. The molecule has 0 saturated heterocycles. The summed E-state index contributed by atoms with van der Waals surface area (Å²) in [6.07, 6.45) is 0. The summed E-state index contributed by atoms with van der Waals surface area (Å²) in [5.41, 5.74) is 1.94. The van der Waals surface area contributed by atoms with Gasteiger partial charge in [0.05, 0.1) is 0 Å². The smallest absolute Gasteiger partial charge is 0.123 e. The molecule has 0 aliphatic rings. The minimum Gasteiger partial charge on any atom is -0.290 e. The molecule has 0 heterocycles. The van der Waals surface area contributed by atoms with Gasteiger partial charge in [0.2, 0.25) is 0 Å². The van der Waals surface area contributed by atoms with Gasteiger partial charge in [0.25, 0.3) is 0 Å². The largest absolute Gasteiger partial charge is 0.290 e. The minimum absolute atomic E-state index is 0.206. The molecule has 1 rings (SSSR count). The van der Waals surface area contributed by atoms with Crippen LogP contribution in [-0.2, 0) is 0 Å². The molecule has 0 fully saturated rings. The highest BCUT2D eigenvalue weighted by molar-refractivity contribution is 5.98. The summed E-state index contributed by atoms with van der Waals surface area (Å²) in [5.74, 6) is -0.206. The molecule has 0 aromatic heterocycles. The van der Waals surface area contributed by atoms with Crippen molar-refractivity contribution in [1.82, 2.24) is 0 Å². The van der Waals surface area contributed by atoms with Crippen LogP contribution >= 0.6 is 0 Å². The molecule has 0 bridgehead atoms. The average Bonchev–Trinajstić information content (AvgIpc) is 2.06. The van der Waals surface area contributed by atoms with Crippen molar-refractivity contribution in [3.8, 4) is 0 Å². The van der Waals surface area contributed by atoms with E-state index in [-0.39, 0.29) is 5.82 Å². The summed E-state index contributed by atoms with van der Waals surface area (Å²) >= 11 is 0. The first-order valence-corrected chi connectivity index (χ1v) is 4.01. The van der Waals surface area contributed by atoms with E-state index < -0.39 is 0 Å². The summed E-state index contributed by atoms with van der Waals surface area (Å²) < 4.78 is 12.5. The van der Waals surface area contributed by atoms with Crippen LogP contribution in [0.4, 0.5) is 4.39 Å². The van der Waals surface area contributed by atoms with Crippen LogP contribution in [0.15, 0.2) is 29.3 Å². The molecule has 0 unspecified atom stereocenters. The predicted octanol–water partition coefficient (Wildman–Crippen LogP) is 2.65. The van der Waals surface area contributed by atoms with Gasteiger partial charge >= 0.3 is 0 Å². The highest BCUT2D eigenvalue weighted by atomic mass is 19.1. The maximum Gasteiger partial charge on any atom is 0.123 e. The first kappa shape index (κ1) is 8.91. The Morgan fingerprint density at radius 2 is 1.92 bits per heavy atom. The van der Waals surface area contributed by atoms with Gasteiger partial charge in [-0.1, -0.05) is 12.1 Å². The Morgan fingerprint density at radius 1 is 1.33 bits per heavy atom. The van der Waals surface area contributed by atoms with Gasteiger partial charge in [0.15, 0.2) is 0 Å². The van der Waals surface area contributed by atoms with Crippen molar-refractivity contribution in [2.24, 2.45) is 4.99 Å². The summed E-state index contributed by atoms with van der Waals surface area (Å²) in [6, 6.07) is 6.38. The molecular formula is C10H12FN. The lowest BCUT2D eigenvalue weighted by molar-refractivity contribution is 0.628. The lowest BCUT2D eigenvalue weighted by atomic mass is 10.1. The second kappa shape index (κ2) is 4.00. The molecule has 0 amide bonds. The lowest BCUT2D eigenvalue weighted by Crippen LogP contribution is -1.94. The summed E-state index contributed by atoms with van der Waals surface area (Å²) in [7, 11) is 0. The first-order chi connectivity index (χ1) is 5.74. The SMILES string of the molecule is CCN=C(C)c1ccc(F)cc1. The molecule has 0 atom stereocenters. The Morgan fingerprint density at radius 3 is 2.42 bits per heavy atom. The normalized spacial score (nSPS) is 11.8. The van der Waals surface area contributed by atoms with Crippen molar-refractivity contribution < 1.29 is 4.39 Å². The Balaban J connectivity index is 2.89. The third kappa shape index (κ3) is 2.16. The maximum absolute atomic E-state index is 12.5. The van der Waals surface area contributed by atoms with E-state index in [1.165, 1.54) is 12.1 Å². The van der Waals surface area contributed by atoms with Crippen molar-refractivity contribution in [2.45, 2.75) is 13.8 Å². The number of benzene rings is 1. The van der Waals surface area contributed by atoms with Gasteiger partial charge in [-0.25, -0.2) is 4.39 Å². The highest BCUT2D eigenvalue weighted by Crippen LogP contribution is 2.03. The fourth-order valence-corrected chi connectivity index (χ4v) is 1.02. The maximum atomic E-state index is 12.5. The van der Waals surface area contributed by atoms with Crippen molar-refractivity contribution in [3.05, 3.63) is 35.6 Å². The Bertz CT molecular complexity index is 274. The lowest BCUT2D eigenvalue weighted by Gasteiger charge is -1.98. The van der Waals surface area contributed by atoms with Crippen molar-refractivity contribution >= 4 is 5.71 Å². The number of aliphatic imine (C=N–C) groups is 1. The molecule has 1 aromatic rings. The Hall–Kier alpha value is -1.18. The van der Waals surface area contributed by atoms with E-state index in [9.17, 15) is 4.39 Å². The second-order valence-corrected chi connectivity index (χ2v) is 2.57. The Kier molecular flexibility index (Phi) is 2.97. The van der Waals surface area contributed by atoms with Gasteiger partial charge in [-0.3, -0.25) is 4.99 Å². The van der Waals surface area contributed by atoms with Crippen LogP contribution in [0.2, 0.25) is 0 Å². The van der Waals surface area contributed by atoms with E-state index in [0.717, 1.165) is 17.8 Å². The molecule has 0 spiro atoms. The number of halogens is 1. The monoisotopic (exact) mass is 165 g/mol. The minimum atomic E-state index is -0.206. The zero-order valence-corrected chi connectivity index (χ0v) is 7.34. The van der Waals surface area contributed by atoms with E-state index in [1.54, 1.807) is 12.1 Å². The van der Waals surface area contributed by atoms with Gasteiger partial charge in [-0.05, 0) is 31.5 Å². The van der Waals surface area contributed by atoms with Crippen molar-refractivity contribution in [3.63, 3.8) is 0 Å². The zero-order chi connectivity index (χ0) is 8.97. The third-order valence-electron chi connectivity index (χ3n) is 1.66. The number of nitrogens with zero attached hydrogens (tertiary/aromatic N) is 1. The molecule has 1 aromatic carbocycles. The van der Waals surface area contributed by atoms with Crippen molar-refractivity contribution in [1.29, 1.82) is 0 Å². The molecule has 1 nitrogen and oxygen atoms in total. The van der Waals surface area contributed by atoms with Crippen LogP contribution in [0.5, 0.6) is 0 Å². The molecule has 0 N–H and O–H groups in total. The molecule has 0 radical (unpaired) electrons. The topological polar surface area (TPSA) is 12.4 Å². The quantitative estimate of drug-likeness (QED) is 0.597. The number of hydrogen-bond donors (Lipinski definition) is 0.